The van der Waals surface area contributed by atoms with Crippen molar-refractivity contribution in [2.75, 3.05) is 12.3 Å². The van der Waals surface area contributed by atoms with Crippen molar-refractivity contribution in [2.45, 2.75) is 64.8 Å². The van der Waals surface area contributed by atoms with E-state index in [1.54, 1.807) is 0 Å². The van der Waals surface area contributed by atoms with Gasteiger partial charge < -0.3 is 19.4 Å². The summed E-state index contributed by atoms with van der Waals surface area (Å²) in [5.74, 6) is -0.265. The highest BCUT2D eigenvalue weighted by atomic mass is 32.2. The van der Waals surface area contributed by atoms with Gasteiger partial charge in [-0.1, -0.05) is 18.7 Å². The van der Waals surface area contributed by atoms with Crippen LogP contribution in [0.5, 0.6) is 0 Å². The highest BCUT2D eigenvalue weighted by Gasteiger charge is 2.19. The summed E-state index contributed by atoms with van der Waals surface area (Å²) >= 11 is 1.18. The summed E-state index contributed by atoms with van der Waals surface area (Å²) in [6, 6.07) is 1.09. The molecule has 21 heavy (non-hydrogen) atoms. The van der Waals surface area contributed by atoms with Gasteiger partial charge in [0, 0.05) is 12.2 Å². The van der Waals surface area contributed by atoms with Crippen LogP contribution in [0.4, 0.5) is 0 Å². The zero-order valence-corrected chi connectivity index (χ0v) is 14.4. The molecule has 1 rings (SSSR count). The number of carboxylic acid groups (broad SMARTS) is 1. The summed E-state index contributed by atoms with van der Waals surface area (Å²) in [6.45, 7) is 12.7. The maximum absolute atomic E-state index is 10.6. The molecule has 1 aromatic heterocycles. The second kappa shape index (κ2) is 8.38. The first-order chi connectivity index (χ1) is 9.86. The van der Waals surface area contributed by atoms with Crippen molar-refractivity contribution in [1.82, 2.24) is 14.8 Å². The Bertz CT molecular complexity index is 452. The molecule has 1 aromatic rings. The number of hydrogen-bond donors (Lipinski definition) is 1. The van der Waals surface area contributed by atoms with Gasteiger partial charge in [-0.15, -0.1) is 10.2 Å². The van der Waals surface area contributed by atoms with E-state index < -0.39 is 5.97 Å². The van der Waals surface area contributed by atoms with Gasteiger partial charge >= 0.3 is 0 Å². The van der Waals surface area contributed by atoms with E-state index >= 15 is 0 Å². The second-order valence-electron chi connectivity index (χ2n) is 5.70. The number of quaternary nitrogens is 1. The SMILES string of the molecule is CCc1nnc(SCC(=O)[O-])n1CC[NH+](C(C)C)C(C)C. The standard InChI is InChI=1S/C14H26N4O2S/c1-6-12-15-16-14(21-9-13(19)20)18(12)8-7-17(10(2)3)11(4)5/h10-11H,6-9H2,1-5H3,(H,19,20). The van der Waals surface area contributed by atoms with Crippen LogP contribution in [0.1, 0.15) is 40.4 Å². The van der Waals surface area contributed by atoms with Crippen molar-refractivity contribution in [3.8, 4) is 0 Å². The lowest BCUT2D eigenvalue weighted by Gasteiger charge is -2.27. The molecule has 0 bridgehead atoms. The van der Waals surface area contributed by atoms with E-state index in [0.717, 1.165) is 25.3 Å². The molecule has 120 valence electrons. The number of thioether (sulfide) groups is 1. The third-order valence-corrected chi connectivity index (χ3v) is 4.48. The molecule has 1 N–H and O–H groups in total. The molecule has 7 heteroatoms. The quantitative estimate of drug-likeness (QED) is 0.615. The Hall–Kier alpha value is -1.08. The molecular formula is C14H26N4O2S. The molecule has 0 radical (unpaired) electrons. The first-order valence-electron chi connectivity index (χ1n) is 7.47. The molecule has 0 amide bonds. The van der Waals surface area contributed by atoms with Gasteiger partial charge in [-0.3, -0.25) is 0 Å². The fraction of sp³-hybridized carbons (Fsp3) is 0.786. The molecule has 0 saturated carbocycles. The number of nitrogens with one attached hydrogen (secondary N) is 1. The van der Waals surface area contributed by atoms with Crippen LogP contribution in [0.15, 0.2) is 5.16 Å². The normalized spacial score (nSPS) is 11.8. The molecule has 0 aromatic carbocycles. The number of carbonyl (C=O) groups excluding carboxylic acids is 1. The summed E-state index contributed by atoms with van der Waals surface area (Å²) in [5, 5.41) is 19.5. The zero-order valence-electron chi connectivity index (χ0n) is 13.5. The van der Waals surface area contributed by atoms with E-state index in [-0.39, 0.29) is 5.75 Å². The third-order valence-electron chi connectivity index (χ3n) is 3.54. The Kier molecular flexibility index (Phi) is 7.17. The highest BCUT2D eigenvalue weighted by molar-refractivity contribution is 7.99. The minimum Gasteiger partial charge on any atom is -0.549 e. The first kappa shape index (κ1) is 18.0. The topological polar surface area (TPSA) is 75.3 Å². The van der Waals surface area contributed by atoms with E-state index in [2.05, 4.69) is 37.9 Å². The van der Waals surface area contributed by atoms with E-state index in [0.29, 0.717) is 17.2 Å². The third kappa shape index (κ3) is 5.32. The summed E-state index contributed by atoms with van der Waals surface area (Å²) in [4.78, 5) is 12.1. The lowest BCUT2D eigenvalue weighted by molar-refractivity contribution is -0.942. The number of aliphatic carboxylic acids is 1. The Labute approximate surface area is 130 Å². The van der Waals surface area contributed by atoms with Crippen molar-refractivity contribution < 1.29 is 14.8 Å². The average Bonchev–Trinajstić information content (AvgIpc) is 2.78. The highest BCUT2D eigenvalue weighted by Crippen LogP contribution is 2.16. The molecule has 0 aliphatic carbocycles. The number of carbonyl (C=O) groups is 1. The molecule has 0 atom stereocenters. The molecule has 0 unspecified atom stereocenters. The maximum atomic E-state index is 10.6. The van der Waals surface area contributed by atoms with Gasteiger partial charge in [0.05, 0.1) is 31.1 Å². The van der Waals surface area contributed by atoms with Gasteiger partial charge in [-0.25, -0.2) is 0 Å². The van der Waals surface area contributed by atoms with Crippen LogP contribution in [-0.4, -0.2) is 45.1 Å². The molecule has 0 saturated heterocycles. The molecular weight excluding hydrogens is 288 g/mol. The minimum absolute atomic E-state index is 0.0905. The van der Waals surface area contributed by atoms with Gasteiger partial charge in [0.2, 0.25) is 0 Å². The fourth-order valence-corrected chi connectivity index (χ4v) is 3.22. The monoisotopic (exact) mass is 314 g/mol. The zero-order chi connectivity index (χ0) is 16.0. The smallest absolute Gasteiger partial charge is 0.191 e. The summed E-state index contributed by atoms with van der Waals surface area (Å²) < 4.78 is 2.04. The maximum Gasteiger partial charge on any atom is 0.191 e. The fourth-order valence-electron chi connectivity index (χ4n) is 2.52. The minimum atomic E-state index is -1.08. The van der Waals surface area contributed by atoms with Gasteiger partial charge in [0.15, 0.2) is 5.16 Å². The number of rotatable bonds is 9. The van der Waals surface area contributed by atoms with Gasteiger partial charge in [-0.05, 0) is 27.7 Å². The summed E-state index contributed by atoms with van der Waals surface area (Å²) in [6.07, 6.45) is 0.789. The van der Waals surface area contributed by atoms with E-state index in [9.17, 15) is 9.90 Å². The van der Waals surface area contributed by atoms with Crippen LogP contribution in [0.25, 0.3) is 0 Å². The van der Waals surface area contributed by atoms with Crippen molar-refractivity contribution in [3.05, 3.63) is 5.82 Å². The lowest BCUT2D eigenvalue weighted by Crippen LogP contribution is -3.18. The van der Waals surface area contributed by atoms with Crippen LogP contribution in [0, 0.1) is 0 Å². The van der Waals surface area contributed by atoms with Crippen molar-refractivity contribution >= 4 is 17.7 Å². The number of nitrogens with zero attached hydrogens (tertiary/aromatic N) is 3. The largest absolute Gasteiger partial charge is 0.549 e. The van der Waals surface area contributed by atoms with E-state index in [1.807, 2.05) is 11.5 Å². The van der Waals surface area contributed by atoms with Crippen molar-refractivity contribution in [3.63, 3.8) is 0 Å². The van der Waals surface area contributed by atoms with Crippen LogP contribution < -0.4 is 10.0 Å². The van der Waals surface area contributed by atoms with E-state index in [1.165, 1.54) is 16.7 Å². The van der Waals surface area contributed by atoms with Crippen LogP contribution >= 0.6 is 11.8 Å². The number of aryl methyl sites for hydroxylation is 1. The molecule has 6 nitrogen and oxygen atoms in total. The summed E-state index contributed by atoms with van der Waals surface area (Å²) in [7, 11) is 0. The molecule has 0 aliphatic rings. The van der Waals surface area contributed by atoms with Crippen molar-refractivity contribution in [2.24, 2.45) is 0 Å². The van der Waals surface area contributed by atoms with Crippen LogP contribution in [-0.2, 0) is 17.8 Å². The van der Waals surface area contributed by atoms with Gasteiger partial charge in [0.25, 0.3) is 0 Å². The Morgan fingerprint density at radius 2 is 1.90 bits per heavy atom. The molecule has 1 heterocycles. The number of carboxylic acids is 1. The number of aromatic nitrogens is 3. The lowest BCUT2D eigenvalue weighted by atomic mass is 10.2. The first-order valence-corrected chi connectivity index (χ1v) is 8.45. The van der Waals surface area contributed by atoms with Gasteiger partial charge in [0.1, 0.15) is 5.82 Å². The predicted molar refractivity (Wildman–Crippen MR) is 81.2 cm³/mol. The Balaban J connectivity index is 2.80. The second-order valence-corrected chi connectivity index (χ2v) is 6.64. The molecule has 0 aliphatic heterocycles. The number of hydrogen-bond acceptors (Lipinski definition) is 5. The average molecular weight is 314 g/mol. The van der Waals surface area contributed by atoms with Crippen LogP contribution in [0.3, 0.4) is 0 Å². The Morgan fingerprint density at radius 1 is 1.29 bits per heavy atom. The van der Waals surface area contributed by atoms with Crippen molar-refractivity contribution in [1.29, 1.82) is 0 Å². The molecule has 0 spiro atoms. The van der Waals surface area contributed by atoms with Crippen LogP contribution in [0.2, 0.25) is 0 Å². The van der Waals surface area contributed by atoms with Gasteiger partial charge in [-0.2, -0.15) is 0 Å². The predicted octanol–water partition coefficient (Wildman–Crippen LogP) is -0.616. The summed E-state index contributed by atoms with van der Waals surface area (Å²) in [5.41, 5.74) is 0. The van der Waals surface area contributed by atoms with E-state index in [4.69, 9.17) is 0 Å². The Morgan fingerprint density at radius 3 is 2.38 bits per heavy atom. The molecule has 0 fully saturated rings.